The van der Waals surface area contributed by atoms with E-state index in [1.807, 2.05) is 4.90 Å². The second-order valence-electron chi connectivity index (χ2n) is 3.26. The summed E-state index contributed by atoms with van der Waals surface area (Å²) in [5, 5.41) is 10.4. The number of nitrogens with zero attached hydrogens (tertiary/aromatic N) is 2. The smallest absolute Gasteiger partial charge is 0.222 e. The van der Waals surface area contributed by atoms with Crippen LogP contribution >= 0.6 is 0 Å². The van der Waals surface area contributed by atoms with Crippen molar-refractivity contribution in [3.63, 3.8) is 0 Å². The van der Waals surface area contributed by atoms with E-state index in [4.69, 9.17) is 5.26 Å². The quantitative estimate of drug-likeness (QED) is 0.559. The molecule has 1 aliphatic heterocycles. The average Bonchev–Trinajstić information content (AvgIpc) is 2.52. The number of hydrogen-bond acceptors (Lipinski definition) is 2. The first-order valence-electron chi connectivity index (χ1n) is 4.81. The molecule has 1 fully saturated rings. The van der Waals surface area contributed by atoms with Gasteiger partial charge in [0.2, 0.25) is 5.91 Å². The molecular weight excluding hydrogens is 166 g/mol. The Morgan fingerprint density at radius 3 is 3.00 bits per heavy atom. The van der Waals surface area contributed by atoms with Crippen molar-refractivity contribution in [1.29, 1.82) is 5.26 Å². The van der Waals surface area contributed by atoms with Gasteiger partial charge >= 0.3 is 0 Å². The highest BCUT2D eigenvalue weighted by molar-refractivity contribution is 5.77. The van der Waals surface area contributed by atoms with E-state index in [1.54, 1.807) is 0 Å². The number of quaternary nitrogens is 1. The zero-order valence-electron chi connectivity index (χ0n) is 7.83. The molecule has 1 aliphatic rings. The van der Waals surface area contributed by atoms with Gasteiger partial charge in [0.25, 0.3) is 0 Å². The minimum atomic E-state index is 0.286. The van der Waals surface area contributed by atoms with Gasteiger partial charge in [-0.25, -0.2) is 0 Å². The van der Waals surface area contributed by atoms with Crippen molar-refractivity contribution in [3.05, 3.63) is 0 Å². The fourth-order valence-corrected chi connectivity index (χ4v) is 1.50. The third kappa shape index (κ3) is 3.43. The number of hydrogen-bond donors (Lipinski definition) is 1. The Hall–Kier alpha value is -1.08. The Balaban J connectivity index is 2.00. The van der Waals surface area contributed by atoms with Crippen LogP contribution in [-0.4, -0.2) is 37.0 Å². The van der Waals surface area contributed by atoms with Gasteiger partial charge in [0, 0.05) is 13.0 Å². The average molecular weight is 182 g/mol. The van der Waals surface area contributed by atoms with Crippen LogP contribution in [0.25, 0.3) is 0 Å². The number of carbonyl (C=O) groups excluding carboxylic acids is 1. The molecule has 0 atom stereocenters. The van der Waals surface area contributed by atoms with E-state index in [0.29, 0.717) is 6.42 Å². The number of amides is 1. The molecule has 1 amide bonds. The van der Waals surface area contributed by atoms with Gasteiger partial charge in [0.15, 0.2) is 0 Å². The number of nitrogens with two attached hydrogens (primary N) is 1. The number of rotatable bonds is 5. The molecule has 0 spiro atoms. The molecule has 1 saturated heterocycles. The fraction of sp³-hybridized carbons (Fsp3) is 0.778. The maximum atomic E-state index is 11.2. The summed E-state index contributed by atoms with van der Waals surface area (Å²) in [5.41, 5.74) is 0. The standard InChI is InChI=1S/C9H15N3O/c10-4-2-5-11-6-8-12-7-1-3-9(12)13/h11H,1-3,5-8H2/p+1. The first-order valence-corrected chi connectivity index (χ1v) is 4.81. The van der Waals surface area contributed by atoms with Gasteiger partial charge < -0.3 is 10.2 Å². The fourth-order valence-electron chi connectivity index (χ4n) is 1.50. The van der Waals surface area contributed by atoms with Crippen molar-refractivity contribution >= 4 is 5.91 Å². The van der Waals surface area contributed by atoms with Crippen molar-refractivity contribution in [2.45, 2.75) is 19.3 Å². The van der Waals surface area contributed by atoms with Gasteiger partial charge in [0.05, 0.1) is 32.1 Å². The second kappa shape index (κ2) is 5.55. The lowest BCUT2D eigenvalue weighted by atomic mass is 10.4. The molecule has 4 nitrogen and oxygen atoms in total. The second-order valence-corrected chi connectivity index (χ2v) is 3.26. The van der Waals surface area contributed by atoms with Crippen molar-refractivity contribution in [3.8, 4) is 6.07 Å². The largest absolute Gasteiger partial charge is 0.344 e. The number of nitriles is 1. The molecule has 0 aromatic rings. The summed E-state index contributed by atoms with van der Waals surface area (Å²) in [5.74, 6) is 0.286. The molecule has 1 heterocycles. The van der Waals surface area contributed by atoms with Crippen LogP contribution in [0.2, 0.25) is 0 Å². The van der Waals surface area contributed by atoms with Crippen LogP contribution in [-0.2, 0) is 4.79 Å². The van der Waals surface area contributed by atoms with Gasteiger partial charge in [-0.15, -0.1) is 0 Å². The third-order valence-corrected chi connectivity index (χ3v) is 2.23. The summed E-state index contributed by atoms with van der Waals surface area (Å²) in [6.07, 6.45) is 2.32. The lowest BCUT2D eigenvalue weighted by Gasteiger charge is -2.13. The van der Waals surface area contributed by atoms with Crippen LogP contribution < -0.4 is 5.32 Å². The molecule has 0 aromatic carbocycles. The molecule has 72 valence electrons. The Bertz CT molecular complexity index is 209. The van der Waals surface area contributed by atoms with Crippen molar-refractivity contribution in [1.82, 2.24) is 4.90 Å². The van der Waals surface area contributed by atoms with E-state index < -0.39 is 0 Å². The molecule has 0 saturated carbocycles. The molecule has 4 heteroatoms. The van der Waals surface area contributed by atoms with E-state index in [9.17, 15) is 4.79 Å². The first kappa shape index (κ1) is 10.0. The zero-order valence-corrected chi connectivity index (χ0v) is 7.83. The molecule has 0 aliphatic carbocycles. The SMILES string of the molecule is N#CCC[NH2+]CCN1CCCC1=O. The highest BCUT2D eigenvalue weighted by atomic mass is 16.2. The maximum absolute atomic E-state index is 11.2. The summed E-state index contributed by atoms with van der Waals surface area (Å²) in [7, 11) is 0. The number of likely N-dealkylation sites (tertiary alicyclic amines) is 1. The minimum Gasteiger partial charge on any atom is -0.344 e. The van der Waals surface area contributed by atoms with E-state index in [2.05, 4.69) is 11.4 Å². The predicted octanol–water partition coefficient (Wildman–Crippen LogP) is -0.914. The first-order chi connectivity index (χ1) is 6.34. The molecule has 1 rings (SSSR count). The topological polar surface area (TPSA) is 60.7 Å². The molecule has 0 bridgehead atoms. The highest BCUT2D eigenvalue weighted by Gasteiger charge is 2.19. The molecule has 0 aromatic heterocycles. The maximum Gasteiger partial charge on any atom is 0.222 e. The van der Waals surface area contributed by atoms with E-state index >= 15 is 0 Å². The molecular formula is C9H16N3O+. The normalized spacial score (nSPS) is 16.2. The van der Waals surface area contributed by atoms with Crippen LogP contribution in [0.5, 0.6) is 0 Å². The highest BCUT2D eigenvalue weighted by Crippen LogP contribution is 2.07. The lowest BCUT2D eigenvalue weighted by molar-refractivity contribution is -0.653. The Morgan fingerprint density at radius 1 is 1.54 bits per heavy atom. The van der Waals surface area contributed by atoms with Crippen molar-refractivity contribution in [2.24, 2.45) is 0 Å². The molecule has 2 N–H and O–H groups in total. The van der Waals surface area contributed by atoms with Gasteiger partial charge in [-0.1, -0.05) is 0 Å². The van der Waals surface area contributed by atoms with Crippen LogP contribution in [0.4, 0.5) is 0 Å². The minimum absolute atomic E-state index is 0.286. The van der Waals surface area contributed by atoms with Crippen LogP contribution in [0.15, 0.2) is 0 Å². The summed E-state index contributed by atoms with van der Waals surface area (Å²) < 4.78 is 0. The van der Waals surface area contributed by atoms with Gasteiger partial charge in [-0.2, -0.15) is 5.26 Å². The lowest BCUT2D eigenvalue weighted by Crippen LogP contribution is -2.85. The van der Waals surface area contributed by atoms with Crippen molar-refractivity contribution < 1.29 is 10.1 Å². The van der Waals surface area contributed by atoms with E-state index in [0.717, 1.165) is 39.0 Å². The van der Waals surface area contributed by atoms with Gasteiger partial charge in [-0.05, 0) is 6.42 Å². The Labute approximate surface area is 78.5 Å². The summed E-state index contributed by atoms with van der Waals surface area (Å²) in [6, 6.07) is 2.09. The molecule has 0 unspecified atom stereocenters. The van der Waals surface area contributed by atoms with Crippen LogP contribution in [0, 0.1) is 11.3 Å². The number of carbonyl (C=O) groups is 1. The summed E-state index contributed by atoms with van der Waals surface area (Å²) in [6.45, 7) is 3.53. The van der Waals surface area contributed by atoms with Crippen molar-refractivity contribution in [2.75, 3.05) is 26.2 Å². The third-order valence-electron chi connectivity index (χ3n) is 2.23. The molecule has 0 radical (unpaired) electrons. The molecule has 13 heavy (non-hydrogen) atoms. The Kier molecular flexibility index (Phi) is 4.27. The van der Waals surface area contributed by atoms with Crippen LogP contribution in [0.1, 0.15) is 19.3 Å². The van der Waals surface area contributed by atoms with Crippen LogP contribution in [0.3, 0.4) is 0 Å². The predicted molar refractivity (Wildman–Crippen MR) is 47.7 cm³/mol. The van der Waals surface area contributed by atoms with Gasteiger partial charge in [-0.3, -0.25) is 4.79 Å². The van der Waals surface area contributed by atoms with E-state index in [-0.39, 0.29) is 5.91 Å². The summed E-state index contributed by atoms with van der Waals surface area (Å²) >= 11 is 0. The van der Waals surface area contributed by atoms with E-state index in [1.165, 1.54) is 0 Å². The summed E-state index contributed by atoms with van der Waals surface area (Å²) in [4.78, 5) is 13.1. The Morgan fingerprint density at radius 2 is 2.38 bits per heavy atom. The monoisotopic (exact) mass is 182 g/mol. The van der Waals surface area contributed by atoms with Gasteiger partial charge in [0.1, 0.15) is 0 Å². The zero-order chi connectivity index (χ0) is 9.52.